The molecule has 1 aliphatic carbocycles. The Balaban J connectivity index is 2.78. The molecule has 0 radical (unpaired) electrons. The van der Waals surface area contributed by atoms with Gasteiger partial charge in [0.25, 0.3) is 0 Å². The monoisotopic (exact) mass is 234 g/mol. The van der Waals surface area contributed by atoms with E-state index in [1.807, 2.05) is 0 Å². The van der Waals surface area contributed by atoms with E-state index < -0.39 is 23.1 Å². The zero-order chi connectivity index (χ0) is 12.7. The molecule has 0 saturated carbocycles. The maximum absolute atomic E-state index is 12.0. The molecule has 0 heterocycles. The molecule has 2 rings (SSSR count). The number of carbonyl (C=O) groups excluding carboxylic acids is 2. The summed E-state index contributed by atoms with van der Waals surface area (Å²) in [4.78, 5) is 23.9. The van der Waals surface area contributed by atoms with Gasteiger partial charge >= 0.3 is 0 Å². The van der Waals surface area contributed by atoms with Gasteiger partial charge in [-0.25, -0.2) is 0 Å². The zero-order valence-corrected chi connectivity index (χ0v) is 9.27. The van der Waals surface area contributed by atoms with E-state index in [0.29, 0.717) is 0 Å². The van der Waals surface area contributed by atoms with Crippen LogP contribution in [0.5, 0.6) is 11.5 Å². The SMILES string of the molecule is COC1=C(C)C(=O)c2ccc(O)c(O)c2C1=O. The Hall–Kier alpha value is -2.30. The van der Waals surface area contributed by atoms with Crippen LogP contribution in [0.25, 0.3) is 0 Å². The highest BCUT2D eigenvalue weighted by atomic mass is 16.5. The number of phenols is 2. The lowest BCUT2D eigenvalue weighted by Crippen LogP contribution is -2.21. The van der Waals surface area contributed by atoms with Crippen LogP contribution in [-0.4, -0.2) is 28.9 Å². The highest BCUT2D eigenvalue weighted by Crippen LogP contribution is 2.37. The first kappa shape index (κ1) is 11.2. The summed E-state index contributed by atoms with van der Waals surface area (Å²) in [5, 5.41) is 19.0. The van der Waals surface area contributed by atoms with Gasteiger partial charge in [-0.1, -0.05) is 0 Å². The minimum absolute atomic E-state index is 0.0728. The average molecular weight is 234 g/mol. The van der Waals surface area contributed by atoms with Gasteiger partial charge in [0.1, 0.15) is 0 Å². The van der Waals surface area contributed by atoms with E-state index in [1.54, 1.807) is 0 Å². The van der Waals surface area contributed by atoms with Crippen LogP contribution in [0, 0.1) is 0 Å². The lowest BCUT2D eigenvalue weighted by Gasteiger charge is -2.18. The summed E-state index contributed by atoms with van der Waals surface area (Å²) in [5.74, 6) is -2.15. The number of hydrogen-bond donors (Lipinski definition) is 2. The maximum atomic E-state index is 12.0. The molecule has 0 atom stereocenters. The van der Waals surface area contributed by atoms with Crippen molar-refractivity contribution in [3.63, 3.8) is 0 Å². The molecule has 2 N–H and O–H groups in total. The first-order valence-corrected chi connectivity index (χ1v) is 4.88. The van der Waals surface area contributed by atoms with Crippen LogP contribution in [0.4, 0.5) is 0 Å². The number of rotatable bonds is 1. The van der Waals surface area contributed by atoms with Crippen molar-refractivity contribution < 1.29 is 24.5 Å². The zero-order valence-electron chi connectivity index (χ0n) is 9.27. The van der Waals surface area contributed by atoms with Gasteiger partial charge in [0.15, 0.2) is 23.0 Å². The van der Waals surface area contributed by atoms with E-state index in [-0.39, 0.29) is 22.5 Å². The third kappa shape index (κ3) is 1.39. The second-order valence-electron chi connectivity index (χ2n) is 3.67. The quantitative estimate of drug-likeness (QED) is 0.717. The minimum Gasteiger partial charge on any atom is -0.504 e. The van der Waals surface area contributed by atoms with Crippen molar-refractivity contribution in [2.45, 2.75) is 6.92 Å². The van der Waals surface area contributed by atoms with E-state index in [9.17, 15) is 19.8 Å². The molecule has 5 heteroatoms. The predicted molar refractivity (Wildman–Crippen MR) is 58.1 cm³/mol. The van der Waals surface area contributed by atoms with Crippen LogP contribution in [0.15, 0.2) is 23.5 Å². The number of hydrogen-bond acceptors (Lipinski definition) is 5. The average Bonchev–Trinajstić information content (AvgIpc) is 2.30. The van der Waals surface area contributed by atoms with Gasteiger partial charge in [-0.15, -0.1) is 0 Å². The summed E-state index contributed by atoms with van der Waals surface area (Å²) in [6.07, 6.45) is 0. The van der Waals surface area contributed by atoms with Gasteiger partial charge in [-0.05, 0) is 19.1 Å². The molecule has 0 spiro atoms. The number of ketones is 2. The Morgan fingerprint density at radius 2 is 1.76 bits per heavy atom. The molecule has 0 fully saturated rings. The molecule has 5 nitrogen and oxygen atoms in total. The second-order valence-corrected chi connectivity index (χ2v) is 3.67. The molecule has 0 amide bonds. The largest absolute Gasteiger partial charge is 0.504 e. The summed E-state index contributed by atoms with van der Waals surface area (Å²) < 4.78 is 4.85. The summed E-state index contributed by atoms with van der Waals surface area (Å²) in [6.45, 7) is 1.48. The van der Waals surface area contributed by atoms with E-state index in [1.165, 1.54) is 26.2 Å². The number of carbonyl (C=O) groups is 2. The molecular weight excluding hydrogens is 224 g/mol. The lowest BCUT2D eigenvalue weighted by atomic mass is 9.88. The molecule has 0 bridgehead atoms. The second kappa shape index (κ2) is 3.62. The van der Waals surface area contributed by atoms with Crippen LogP contribution in [0.2, 0.25) is 0 Å². The molecule has 0 saturated heterocycles. The summed E-state index contributed by atoms with van der Waals surface area (Å²) in [7, 11) is 1.27. The van der Waals surface area contributed by atoms with Gasteiger partial charge < -0.3 is 14.9 Å². The molecule has 0 aliphatic heterocycles. The van der Waals surface area contributed by atoms with Crippen molar-refractivity contribution in [1.82, 2.24) is 0 Å². The fourth-order valence-electron chi connectivity index (χ4n) is 1.83. The number of allylic oxidation sites excluding steroid dienone is 2. The van der Waals surface area contributed by atoms with Gasteiger partial charge in [0, 0.05) is 11.1 Å². The Kier molecular flexibility index (Phi) is 2.38. The number of methoxy groups -OCH3 is 1. The smallest absolute Gasteiger partial charge is 0.232 e. The first-order chi connectivity index (χ1) is 7.99. The fraction of sp³-hybridized carbons (Fsp3) is 0.167. The van der Waals surface area contributed by atoms with Crippen LogP contribution < -0.4 is 0 Å². The third-order valence-electron chi connectivity index (χ3n) is 2.72. The lowest BCUT2D eigenvalue weighted by molar-refractivity contribution is 0.0902. The van der Waals surface area contributed by atoms with Gasteiger partial charge in [0.2, 0.25) is 5.78 Å². The molecular formula is C12H10O5. The Bertz CT molecular complexity index is 569. The number of phenolic OH excluding ortho intramolecular Hbond substituents is 2. The van der Waals surface area contributed by atoms with Crippen LogP contribution in [0.1, 0.15) is 27.6 Å². The first-order valence-electron chi connectivity index (χ1n) is 4.88. The van der Waals surface area contributed by atoms with E-state index >= 15 is 0 Å². The number of ether oxygens (including phenoxy) is 1. The van der Waals surface area contributed by atoms with Crippen molar-refractivity contribution in [1.29, 1.82) is 0 Å². The number of Topliss-reactive ketones (excluding diaryl/α,β-unsaturated/α-hetero) is 2. The molecule has 0 unspecified atom stereocenters. The van der Waals surface area contributed by atoms with E-state index in [4.69, 9.17) is 4.74 Å². The standard InChI is InChI=1S/C12H10O5/c1-5-9(14)6-3-4-7(13)10(15)8(6)11(16)12(5)17-2/h3-4,13,15H,1-2H3. The molecule has 0 aromatic heterocycles. The predicted octanol–water partition coefficient (Wildman–Crippen LogP) is 1.40. The van der Waals surface area contributed by atoms with Crippen molar-refractivity contribution in [2.75, 3.05) is 7.11 Å². The molecule has 1 aromatic rings. The van der Waals surface area contributed by atoms with Gasteiger partial charge in [-0.2, -0.15) is 0 Å². The molecule has 17 heavy (non-hydrogen) atoms. The van der Waals surface area contributed by atoms with Crippen LogP contribution in [0.3, 0.4) is 0 Å². The summed E-state index contributed by atoms with van der Waals surface area (Å²) >= 11 is 0. The van der Waals surface area contributed by atoms with Crippen molar-refractivity contribution in [3.8, 4) is 11.5 Å². The third-order valence-corrected chi connectivity index (χ3v) is 2.72. The summed E-state index contributed by atoms with van der Waals surface area (Å²) in [6, 6.07) is 2.48. The molecule has 88 valence electrons. The van der Waals surface area contributed by atoms with E-state index in [0.717, 1.165) is 0 Å². The van der Waals surface area contributed by atoms with Crippen molar-refractivity contribution in [2.24, 2.45) is 0 Å². The minimum atomic E-state index is -0.604. The van der Waals surface area contributed by atoms with Crippen molar-refractivity contribution >= 4 is 11.6 Å². The number of fused-ring (bicyclic) bond motifs is 1. The Morgan fingerprint density at radius 1 is 1.12 bits per heavy atom. The van der Waals surface area contributed by atoms with Gasteiger partial charge in [-0.3, -0.25) is 9.59 Å². The molecule has 1 aliphatic rings. The topological polar surface area (TPSA) is 83.8 Å². The number of benzene rings is 1. The molecule has 1 aromatic carbocycles. The maximum Gasteiger partial charge on any atom is 0.232 e. The van der Waals surface area contributed by atoms with Crippen molar-refractivity contribution in [3.05, 3.63) is 34.6 Å². The van der Waals surface area contributed by atoms with E-state index in [2.05, 4.69) is 0 Å². The highest BCUT2D eigenvalue weighted by molar-refractivity contribution is 6.27. The van der Waals surface area contributed by atoms with Gasteiger partial charge in [0.05, 0.1) is 12.7 Å². The highest BCUT2D eigenvalue weighted by Gasteiger charge is 2.34. The fourth-order valence-corrected chi connectivity index (χ4v) is 1.83. The summed E-state index contributed by atoms with van der Waals surface area (Å²) in [5.41, 5.74) is 0.0520. The number of aromatic hydroxyl groups is 2. The Morgan fingerprint density at radius 3 is 2.35 bits per heavy atom. The Labute approximate surface area is 97.0 Å². The van der Waals surface area contributed by atoms with Crippen LogP contribution >= 0.6 is 0 Å². The normalized spacial score (nSPS) is 14.9. The van der Waals surface area contributed by atoms with Crippen LogP contribution in [-0.2, 0) is 4.74 Å².